The lowest BCUT2D eigenvalue weighted by Gasteiger charge is -2.27. The summed E-state index contributed by atoms with van der Waals surface area (Å²) >= 11 is 0. The SMILES string of the molecule is CC[C@H](NC(=O)[C@@H](NC(=O)[C@@H](N)C(C)C)C(C)C)C(=O)C(=O)N[C@H](CC(C)C)C(=O)NC(C(=O)O)C(C)C. The fourth-order valence-corrected chi connectivity index (χ4v) is 3.56. The van der Waals surface area contributed by atoms with Crippen molar-refractivity contribution in [1.29, 1.82) is 0 Å². The third-order valence-electron chi connectivity index (χ3n) is 6.09. The molecule has 0 rings (SSSR count). The van der Waals surface area contributed by atoms with Crippen LogP contribution in [0.1, 0.15) is 75.2 Å². The molecule has 0 heterocycles. The van der Waals surface area contributed by atoms with E-state index in [2.05, 4.69) is 21.3 Å². The lowest BCUT2D eigenvalue weighted by molar-refractivity contribution is -0.144. The van der Waals surface area contributed by atoms with Gasteiger partial charge in [-0.25, -0.2) is 4.79 Å². The Kier molecular flexibility index (Phi) is 14.8. The Hall–Kier alpha value is -3.02. The van der Waals surface area contributed by atoms with Crippen LogP contribution in [0.5, 0.6) is 0 Å². The van der Waals surface area contributed by atoms with Crippen molar-refractivity contribution in [1.82, 2.24) is 21.3 Å². The molecule has 0 spiro atoms. The zero-order chi connectivity index (χ0) is 29.9. The molecule has 12 heteroatoms. The first-order chi connectivity index (χ1) is 17.4. The molecule has 0 aromatic carbocycles. The van der Waals surface area contributed by atoms with Crippen LogP contribution in [0, 0.1) is 23.7 Å². The summed E-state index contributed by atoms with van der Waals surface area (Å²) in [7, 11) is 0. The van der Waals surface area contributed by atoms with E-state index in [1.807, 2.05) is 13.8 Å². The maximum atomic E-state index is 13.0. The molecule has 0 aliphatic carbocycles. The van der Waals surface area contributed by atoms with E-state index >= 15 is 0 Å². The van der Waals surface area contributed by atoms with Crippen LogP contribution in [0.25, 0.3) is 0 Å². The van der Waals surface area contributed by atoms with E-state index in [0.717, 1.165) is 0 Å². The molecular weight excluding hydrogens is 494 g/mol. The zero-order valence-corrected chi connectivity index (χ0v) is 24.1. The molecule has 218 valence electrons. The Morgan fingerprint density at radius 1 is 0.658 bits per heavy atom. The van der Waals surface area contributed by atoms with Crippen molar-refractivity contribution in [2.45, 2.75) is 105 Å². The number of carbonyl (C=O) groups is 6. The van der Waals surface area contributed by atoms with Gasteiger partial charge in [0.15, 0.2) is 0 Å². The summed E-state index contributed by atoms with van der Waals surface area (Å²) in [6.07, 6.45) is 0.244. The van der Waals surface area contributed by atoms with Gasteiger partial charge < -0.3 is 32.1 Å². The topological polar surface area (TPSA) is 197 Å². The quantitative estimate of drug-likeness (QED) is 0.150. The van der Waals surface area contributed by atoms with Crippen LogP contribution in [0.15, 0.2) is 0 Å². The van der Waals surface area contributed by atoms with Crippen LogP contribution in [0.3, 0.4) is 0 Å². The minimum absolute atomic E-state index is 0.0576. The maximum absolute atomic E-state index is 13.0. The number of carboxylic acid groups (broad SMARTS) is 1. The number of amides is 4. The van der Waals surface area contributed by atoms with Crippen molar-refractivity contribution in [2.24, 2.45) is 29.4 Å². The molecule has 12 nitrogen and oxygen atoms in total. The number of Topliss-reactive ketones (excluding diaryl/α,β-unsaturated/α-hetero) is 1. The van der Waals surface area contributed by atoms with Gasteiger partial charge in [-0.2, -0.15) is 0 Å². The molecule has 0 saturated heterocycles. The zero-order valence-electron chi connectivity index (χ0n) is 24.1. The Balaban J connectivity index is 5.59. The summed E-state index contributed by atoms with van der Waals surface area (Å²) in [6.45, 7) is 15.5. The van der Waals surface area contributed by atoms with Gasteiger partial charge >= 0.3 is 5.97 Å². The van der Waals surface area contributed by atoms with Crippen LogP contribution in [0.4, 0.5) is 0 Å². The molecule has 0 bridgehead atoms. The average Bonchev–Trinajstić information content (AvgIpc) is 2.81. The predicted octanol–water partition coefficient (Wildman–Crippen LogP) is 0.331. The van der Waals surface area contributed by atoms with E-state index in [1.165, 1.54) is 0 Å². The smallest absolute Gasteiger partial charge is 0.326 e. The van der Waals surface area contributed by atoms with Crippen molar-refractivity contribution in [3.05, 3.63) is 0 Å². The maximum Gasteiger partial charge on any atom is 0.326 e. The molecule has 1 unspecified atom stereocenters. The fraction of sp³-hybridized carbons (Fsp3) is 0.769. The summed E-state index contributed by atoms with van der Waals surface area (Å²) in [5.74, 6) is -6.07. The number of hydrogen-bond acceptors (Lipinski definition) is 7. The first-order valence-electron chi connectivity index (χ1n) is 13.2. The van der Waals surface area contributed by atoms with Gasteiger partial charge in [-0.1, -0.05) is 62.3 Å². The third kappa shape index (κ3) is 11.2. The highest BCUT2D eigenvalue weighted by Crippen LogP contribution is 2.10. The van der Waals surface area contributed by atoms with Crippen LogP contribution in [0.2, 0.25) is 0 Å². The molecule has 0 aliphatic rings. The Bertz CT molecular complexity index is 857. The highest BCUT2D eigenvalue weighted by atomic mass is 16.4. The van der Waals surface area contributed by atoms with Gasteiger partial charge in [-0.05, 0) is 36.5 Å². The Morgan fingerprint density at radius 3 is 1.55 bits per heavy atom. The number of carbonyl (C=O) groups excluding carboxylic acids is 5. The van der Waals surface area contributed by atoms with Crippen LogP contribution in [-0.2, 0) is 28.8 Å². The van der Waals surface area contributed by atoms with Crippen molar-refractivity contribution in [3.63, 3.8) is 0 Å². The van der Waals surface area contributed by atoms with Gasteiger partial charge in [0.2, 0.25) is 23.5 Å². The molecule has 38 heavy (non-hydrogen) atoms. The second kappa shape index (κ2) is 16.1. The Morgan fingerprint density at radius 2 is 1.16 bits per heavy atom. The van der Waals surface area contributed by atoms with Gasteiger partial charge in [0.25, 0.3) is 5.91 Å². The minimum Gasteiger partial charge on any atom is -0.480 e. The van der Waals surface area contributed by atoms with E-state index in [1.54, 1.807) is 48.5 Å². The highest BCUT2D eigenvalue weighted by molar-refractivity contribution is 6.38. The minimum atomic E-state index is -1.21. The lowest BCUT2D eigenvalue weighted by atomic mass is 9.99. The second-order valence-electron chi connectivity index (χ2n) is 11.1. The van der Waals surface area contributed by atoms with E-state index in [-0.39, 0.29) is 30.6 Å². The van der Waals surface area contributed by atoms with Crippen molar-refractivity contribution < 1.29 is 33.9 Å². The molecular formula is C26H47N5O7. The molecule has 0 aliphatic heterocycles. The van der Waals surface area contributed by atoms with Gasteiger partial charge in [-0.15, -0.1) is 0 Å². The first-order valence-corrected chi connectivity index (χ1v) is 13.2. The standard InChI is InChI=1S/C26H47N5O7/c1-10-16(28-24(35)19(14(6)7)30-23(34)18(27)13(4)5)21(32)25(36)29-17(11-12(2)3)22(33)31-20(15(8)9)26(37)38/h12-20H,10-11,27H2,1-9H3,(H,28,35)(H,29,36)(H,30,34)(H,31,33)(H,37,38)/t16-,17+,18-,19-,20?/m0/s1. The molecule has 0 radical (unpaired) electrons. The van der Waals surface area contributed by atoms with Crippen molar-refractivity contribution in [2.75, 3.05) is 0 Å². The summed E-state index contributed by atoms with van der Waals surface area (Å²) in [5, 5.41) is 19.3. The molecule has 0 aromatic heterocycles. The molecule has 7 N–H and O–H groups in total. The predicted molar refractivity (Wildman–Crippen MR) is 143 cm³/mol. The number of rotatable bonds is 16. The molecule has 0 saturated carbocycles. The number of carboxylic acids is 1. The van der Waals surface area contributed by atoms with Gasteiger partial charge in [0.1, 0.15) is 18.1 Å². The Labute approximate surface area is 225 Å². The lowest BCUT2D eigenvalue weighted by Crippen LogP contribution is -2.59. The van der Waals surface area contributed by atoms with E-state index in [0.29, 0.717) is 0 Å². The van der Waals surface area contributed by atoms with Crippen molar-refractivity contribution >= 4 is 35.4 Å². The third-order valence-corrected chi connectivity index (χ3v) is 6.09. The van der Waals surface area contributed by atoms with E-state index < -0.39 is 71.5 Å². The number of hydrogen-bond donors (Lipinski definition) is 6. The van der Waals surface area contributed by atoms with Crippen LogP contribution in [-0.4, -0.2) is 70.7 Å². The van der Waals surface area contributed by atoms with Gasteiger partial charge in [0.05, 0.1) is 12.1 Å². The molecule has 5 atom stereocenters. The number of nitrogens with one attached hydrogen (secondary N) is 4. The largest absolute Gasteiger partial charge is 0.480 e. The fourth-order valence-electron chi connectivity index (χ4n) is 3.56. The van der Waals surface area contributed by atoms with E-state index in [4.69, 9.17) is 5.73 Å². The monoisotopic (exact) mass is 541 g/mol. The van der Waals surface area contributed by atoms with Crippen LogP contribution >= 0.6 is 0 Å². The summed E-state index contributed by atoms with van der Waals surface area (Å²) in [5.41, 5.74) is 5.88. The van der Waals surface area contributed by atoms with Crippen LogP contribution < -0.4 is 27.0 Å². The number of ketones is 1. The van der Waals surface area contributed by atoms with E-state index in [9.17, 15) is 33.9 Å². The summed E-state index contributed by atoms with van der Waals surface area (Å²) in [6, 6.07) is -5.33. The highest BCUT2D eigenvalue weighted by Gasteiger charge is 2.34. The molecule has 4 amide bonds. The average molecular weight is 542 g/mol. The normalized spacial score (nSPS) is 15.4. The molecule has 0 fully saturated rings. The molecule has 0 aromatic rings. The number of nitrogens with two attached hydrogens (primary N) is 1. The van der Waals surface area contributed by atoms with Gasteiger partial charge in [0, 0.05) is 0 Å². The summed E-state index contributed by atoms with van der Waals surface area (Å²) < 4.78 is 0. The van der Waals surface area contributed by atoms with Gasteiger partial charge in [-0.3, -0.25) is 24.0 Å². The summed E-state index contributed by atoms with van der Waals surface area (Å²) in [4.78, 5) is 75.5. The number of aliphatic carboxylic acids is 1. The first kappa shape index (κ1) is 35.0. The van der Waals surface area contributed by atoms with Crippen molar-refractivity contribution in [3.8, 4) is 0 Å². The second-order valence-corrected chi connectivity index (χ2v) is 11.1.